The van der Waals surface area contributed by atoms with Gasteiger partial charge in [0, 0.05) is 12.5 Å². The van der Waals surface area contributed by atoms with E-state index in [1.807, 2.05) is 6.92 Å². The highest BCUT2D eigenvalue weighted by Gasteiger charge is 2.41. The molecular formula is C17H23N3O. The van der Waals surface area contributed by atoms with Gasteiger partial charge in [0.15, 0.2) is 5.82 Å². The van der Waals surface area contributed by atoms with E-state index in [9.17, 15) is 0 Å². The lowest BCUT2D eigenvalue weighted by Crippen LogP contribution is -2.25. The summed E-state index contributed by atoms with van der Waals surface area (Å²) in [5, 5.41) is 4.30. The fourth-order valence-electron chi connectivity index (χ4n) is 3.28. The molecule has 1 aromatic carbocycles. The molecular weight excluding hydrogens is 262 g/mol. The van der Waals surface area contributed by atoms with E-state index in [0.717, 1.165) is 31.5 Å². The van der Waals surface area contributed by atoms with E-state index in [2.05, 4.69) is 40.5 Å². The van der Waals surface area contributed by atoms with Crippen LogP contribution in [-0.4, -0.2) is 16.2 Å². The van der Waals surface area contributed by atoms with Gasteiger partial charge in [0.25, 0.3) is 0 Å². The number of hydrogen-bond donors (Lipinski definition) is 1. The third kappa shape index (κ3) is 2.86. The zero-order valence-corrected chi connectivity index (χ0v) is 12.6. The minimum absolute atomic E-state index is 0.0582. The van der Waals surface area contributed by atoms with Crippen LogP contribution in [0.2, 0.25) is 0 Å². The lowest BCUT2D eigenvalue weighted by molar-refractivity contribution is 0.355. The normalized spacial score (nSPS) is 18.8. The molecule has 0 aliphatic heterocycles. The minimum Gasteiger partial charge on any atom is -0.339 e. The maximum atomic E-state index is 5.80. The van der Waals surface area contributed by atoms with Crippen LogP contribution in [0.1, 0.15) is 56.3 Å². The molecule has 1 heterocycles. The second-order valence-corrected chi connectivity index (χ2v) is 6.18. The number of hydrogen-bond acceptors (Lipinski definition) is 4. The summed E-state index contributed by atoms with van der Waals surface area (Å²) >= 11 is 0. The number of aryl methyl sites for hydroxylation is 1. The largest absolute Gasteiger partial charge is 0.339 e. The Balaban J connectivity index is 1.88. The van der Waals surface area contributed by atoms with Crippen LogP contribution < -0.4 is 5.73 Å². The van der Waals surface area contributed by atoms with Crippen molar-refractivity contribution in [3.8, 4) is 0 Å². The minimum atomic E-state index is -0.0582. The highest BCUT2D eigenvalue weighted by Crippen LogP contribution is 2.45. The summed E-state index contributed by atoms with van der Waals surface area (Å²) in [6.07, 6.45) is 6.28. The van der Waals surface area contributed by atoms with E-state index < -0.39 is 0 Å². The van der Waals surface area contributed by atoms with Crippen molar-refractivity contribution in [1.29, 1.82) is 0 Å². The molecule has 0 spiro atoms. The molecule has 4 heteroatoms. The summed E-state index contributed by atoms with van der Waals surface area (Å²) in [7, 11) is 0. The van der Waals surface area contributed by atoms with E-state index in [4.69, 9.17) is 10.3 Å². The quantitative estimate of drug-likeness (QED) is 0.916. The summed E-state index contributed by atoms with van der Waals surface area (Å²) in [6.45, 7) is 2.00. The highest BCUT2D eigenvalue weighted by molar-refractivity contribution is 5.33. The lowest BCUT2D eigenvalue weighted by Gasteiger charge is -2.25. The fourth-order valence-corrected chi connectivity index (χ4v) is 3.28. The summed E-state index contributed by atoms with van der Waals surface area (Å²) < 4.78 is 5.46. The van der Waals surface area contributed by atoms with Gasteiger partial charge in [-0.15, -0.1) is 0 Å². The van der Waals surface area contributed by atoms with Gasteiger partial charge in [0.05, 0.1) is 5.41 Å². The van der Waals surface area contributed by atoms with Crippen molar-refractivity contribution >= 4 is 0 Å². The molecule has 0 radical (unpaired) electrons. The Labute approximate surface area is 125 Å². The molecule has 4 nitrogen and oxygen atoms in total. The van der Waals surface area contributed by atoms with Gasteiger partial charge in [0.2, 0.25) is 5.89 Å². The molecule has 1 aliphatic rings. The third-order valence-corrected chi connectivity index (χ3v) is 4.49. The van der Waals surface area contributed by atoms with Gasteiger partial charge in [-0.25, -0.2) is 0 Å². The average molecular weight is 285 g/mol. The van der Waals surface area contributed by atoms with E-state index in [1.54, 1.807) is 0 Å². The maximum Gasteiger partial charge on any atom is 0.226 e. The molecule has 1 aromatic heterocycles. The van der Waals surface area contributed by atoms with Crippen molar-refractivity contribution in [2.75, 3.05) is 0 Å². The van der Waals surface area contributed by atoms with Crippen molar-refractivity contribution in [1.82, 2.24) is 10.1 Å². The number of nitrogens with zero attached hydrogens (tertiary/aromatic N) is 2. The van der Waals surface area contributed by atoms with Crippen LogP contribution in [0.5, 0.6) is 0 Å². The Morgan fingerprint density at radius 3 is 2.62 bits per heavy atom. The fraction of sp³-hybridized carbons (Fsp3) is 0.529. The Bertz CT molecular complexity index is 571. The number of benzene rings is 1. The van der Waals surface area contributed by atoms with Crippen molar-refractivity contribution in [3.63, 3.8) is 0 Å². The van der Waals surface area contributed by atoms with Crippen LogP contribution in [0.25, 0.3) is 0 Å². The van der Waals surface area contributed by atoms with Crippen molar-refractivity contribution < 1.29 is 4.52 Å². The zero-order valence-electron chi connectivity index (χ0n) is 12.6. The second kappa shape index (κ2) is 5.98. The molecule has 2 N–H and O–H groups in total. The molecule has 1 saturated carbocycles. The second-order valence-electron chi connectivity index (χ2n) is 6.18. The van der Waals surface area contributed by atoms with Crippen LogP contribution in [0.3, 0.4) is 0 Å². The first-order valence-electron chi connectivity index (χ1n) is 7.85. The van der Waals surface area contributed by atoms with Crippen molar-refractivity contribution in [2.24, 2.45) is 5.73 Å². The van der Waals surface area contributed by atoms with E-state index >= 15 is 0 Å². The van der Waals surface area contributed by atoms with Gasteiger partial charge in [0.1, 0.15) is 0 Å². The SMILES string of the molecule is CC(N)CCc1nc(C2(c3ccccc3)CCCC2)no1. The summed E-state index contributed by atoms with van der Waals surface area (Å²) in [5.74, 6) is 1.57. The zero-order chi connectivity index (χ0) is 14.7. The summed E-state index contributed by atoms with van der Waals surface area (Å²) in [5.41, 5.74) is 7.05. The van der Waals surface area contributed by atoms with Crippen molar-refractivity contribution in [2.45, 2.75) is 56.9 Å². The molecule has 1 unspecified atom stereocenters. The monoisotopic (exact) mass is 285 g/mol. The number of aromatic nitrogens is 2. The predicted molar refractivity (Wildman–Crippen MR) is 82.0 cm³/mol. The Hall–Kier alpha value is -1.68. The first-order chi connectivity index (χ1) is 10.2. The van der Waals surface area contributed by atoms with E-state index in [-0.39, 0.29) is 11.5 Å². The molecule has 21 heavy (non-hydrogen) atoms. The summed E-state index contributed by atoms with van der Waals surface area (Å²) in [4.78, 5) is 4.68. The van der Waals surface area contributed by atoms with Gasteiger partial charge in [-0.05, 0) is 31.7 Å². The maximum absolute atomic E-state index is 5.80. The van der Waals surface area contributed by atoms with E-state index in [1.165, 1.54) is 18.4 Å². The molecule has 3 rings (SSSR count). The number of nitrogens with two attached hydrogens (primary N) is 1. The first kappa shape index (κ1) is 14.3. The van der Waals surface area contributed by atoms with Crippen LogP contribution >= 0.6 is 0 Å². The van der Waals surface area contributed by atoms with Gasteiger partial charge in [-0.2, -0.15) is 4.98 Å². The molecule has 1 atom stereocenters. The molecule has 1 fully saturated rings. The molecule has 1 aliphatic carbocycles. The summed E-state index contributed by atoms with van der Waals surface area (Å²) in [6, 6.07) is 10.8. The van der Waals surface area contributed by atoms with Gasteiger partial charge in [-0.1, -0.05) is 48.3 Å². The van der Waals surface area contributed by atoms with Crippen LogP contribution in [0.15, 0.2) is 34.9 Å². The standard InChI is InChI=1S/C17H23N3O/c1-13(18)9-10-15-19-16(20-21-15)17(11-5-6-12-17)14-7-3-2-4-8-14/h2-4,7-8,13H,5-6,9-12,18H2,1H3. The number of rotatable bonds is 5. The molecule has 112 valence electrons. The molecule has 0 saturated heterocycles. The van der Waals surface area contributed by atoms with Crippen molar-refractivity contribution in [3.05, 3.63) is 47.6 Å². The molecule has 0 bridgehead atoms. The first-order valence-corrected chi connectivity index (χ1v) is 7.85. The Morgan fingerprint density at radius 2 is 1.95 bits per heavy atom. The lowest BCUT2D eigenvalue weighted by atomic mass is 9.78. The van der Waals surface area contributed by atoms with Gasteiger partial charge < -0.3 is 10.3 Å². The smallest absolute Gasteiger partial charge is 0.226 e. The molecule has 0 amide bonds. The Kier molecular flexibility index (Phi) is 4.06. The average Bonchev–Trinajstić information content (AvgIpc) is 3.16. The van der Waals surface area contributed by atoms with Gasteiger partial charge >= 0.3 is 0 Å². The van der Waals surface area contributed by atoms with Crippen LogP contribution in [-0.2, 0) is 11.8 Å². The Morgan fingerprint density at radius 1 is 1.24 bits per heavy atom. The highest BCUT2D eigenvalue weighted by atomic mass is 16.5. The van der Waals surface area contributed by atoms with Crippen LogP contribution in [0.4, 0.5) is 0 Å². The third-order valence-electron chi connectivity index (χ3n) is 4.49. The van der Waals surface area contributed by atoms with Gasteiger partial charge in [-0.3, -0.25) is 0 Å². The molecule has 2 aromatic rings. The van der Waals surface area contributed by atoms with E-state index in [0.29, 0.717) is 5.89 Å². The topological polar surface area (TPSA) is 64.9 Å². The van der Waals surface area contributed by atoms with Crippen LogP contribution in [0, 0.1) is 0 Å². The predicted octanol–water partition coefficient (Wildman–Crippen LogP) is 3.21.